The summed E-state index contributed by atoms with van der Waals surface area (Å²) in [5.41, 5.74) is 8.04. The molecule has 0 amide bonds. The SMILES string of the molecule is CC1CC=c2c(sc3ccccc23)=C1c1cc(-c2cccc3c2sc2ccccc23)cc(-c2cccc3c2sc2ccccc23)c1. The van der Waals surface area contributed by atoms with Gasteiger partial charge in [-0.05, 0) is 92.7 Å². The molecule has 0 radical (unpaired) electrons. The number of fused-ring (bicyclic) bond motifs is 9. The zero-order chi connectivity index (χ0) is 30.4. The molecule has 0 nitrogen and oxygen atoms in total. The van der Waals surface area contributed by atoms with Gasteiger partial charge >= 0.3 is 0 Å². The van der Waals surface area contributed by atoms with Gasteiger partial charge < -0.3 is 0 Å². The second-order valence-corrected chi connectivity index (χ2v) is 15.6. The molecule has 0 fully saturated rings. The van der Waals surface area contributed by atoms with E-state index in [0.29, 0.717) is 5.92 Å². The van der Waals surface area contributed by atoms with Crippen molar-refractivity contribution in [2.24, 2.45) is 5.92 Å². The monoisotopic (exact) mass is 640 g/mol. The lowest BCUT2D eigenvalue weighted by Gasteiger charge is -2.20. The fourth-order valence-corrected chi connectivity index (χ4v) is 11.4. The lowest BCUT2D eigenvalue weighted by atomic mass is 9.85. The van der Waals surface area contributed by atoms with Crippen LogP contribution in [0.1, 0.15) is 18.9 Å². The van der Waals surface area contributed by atoms with Crippen molar-refractivity contribution in [2.45, 2.75) is 13.3 Å². The zero-order valence-corrected chi connectivity index (χ0v) is 27.7. The molecule has 0 bridgehead atoms. The fraction of sp³-hybridized carbons (Fsp3) is 0.0698. The molecular weight excluding hydrogens is 613 g/mol. The van der Waals surface area contributed by atoms with Crippen molar-refractivity contribution in [3.8, 4) is 22.3 Å². The van der Waals surface area contributed by atoms with Crippen molar-refractivity contribution < 1.29 is 0 Å². The second-order valence-electron chi connectivity index (χ2n) is 12.5. The van der Waals surface area contributed by atoms with Crippen molar-refractivity contribution in [1.82, 2.24) is 0 Å². The van der Waals surface area contributed by atoms with E-state index in [-0.39, 0.29) is 0 Å². The Morgan fingerprint density at radius 3 is 1.54 bits per heavy atom. The summed E-state index contributed by atoms with van der Waals surface area (Å²) in [4.78, 5) is 0. The van der Waals surface area contributed by atoms with Gasteiger partial charge in [-0.2, -0.15) is 0 Å². The Hall–Kier alpha value is -4.54. The molecule has 6 aromatic carbocycles. The van der Waals surface area contributed by atoms with Gasteiger partial charge in [0.25, 0.3) is 0 Å². The van der Waals surface area contributed by atoms with Crippen LogP contribution in [-0.2, 0) is 0 Å². The molecule has 1 aliphatic rings. The highest BCUT2D eigenvalue weighted by molar-refractivity contribution is 7.26. The minimum Gasteiger partial charge on any atom is -0.135 e. The van der Waals surface area contributed by atoms with Gasteiger partial charge in [0.2, 0.25) is 0 Å². The van der Waals surface area contributed by atoms with Crippen LogP contribution in [0.4, 0.5) is 0 Å². The van der Waals surface area contributed by atoms with Gasteiger partial charge in [0.1, 0.15) is 0 Å². The van der Waals surface area contributed by atoms with Gasteiger partial charge in [-0.15, -0.1) is 34.0 Å². The summed E-state index contributed by atoms with van der Waals surface area (Å²) in [7, 11) is 0. The first kappa shape index (κ1) is 26.7. The Bertz CT molecular complexity index is 2670. The van der Waals surface area contributed by atoms with Crippen LogP contribution in [0.2, 0.25) is 0 Å². The summed E-state index contributed by atoms with van der Waals surface area (Å²) >= 11 is 5.79. The molecule has 1 unspecified atom stereocenters. The molecule has 1 atom stereocenters. The molecular formula is C43H28S3. The first-order chi connectivity index (χ1) is 22.7. The van der Waals surface area contributed by atoms with Gasteiger partial charge in [0.05, 0.1) is 0 Å². The molecule has 218 valence electrons. The van der Waals surface area contributed by atoms with Crippen molar-refractivity contribution in [3.63, 3.8) is 0 Å². The Balaban J connectivity index is 1.31. The maximum Gasteiger partial charge on any atom is 0.0433 e. The highest BCUT2D eigenvalue weighted by Crippen LogP contribution is 2.44. The third-order valence-electron chi connectivity index (χ3n) is 9.72. The molecule has 0 aliphatic heterocycles. The lowest BCUT2D eigenvalue weighted by molar-refractivity contribution is 0.778. The van der Waals surface area contributed by atoms with E-state index >= 15 is 0 Å². The van der Waals surface area contributed by atoms with Gasteiger partial charge in [-0.3, -0.25) is 0 Å². The van der Waals surface area contributed by atoms with Crippen LogP contribution >= 0.6 is 34.0 Å². The number of hydrogen-bond donors (Lipinski definition) is 0. The molecule has 0 saturated carbocycles. The van der Waals surface area contributed by atoms with E-state index in [0.717, 1.165) is 6.42 Å². The first-order valence-corrected chi connectivity index (χ1v) is 18.3. The van der Waals surface area contributed by atoms with E-state index in [1.54, 1.807) is 0 Å². The van der Waals surface area contributed by atoms with Crippen LogP contribution in [0, 0.1) is 5.92 Å². The van der Waals surface area contributed by atoms with Crippen LogP contribution < -0.4 is 9.75 Å². The highest BCUT2D eigenvalue weighted by atomic mass is 32.1. The molecule has 3 heterocycles. The number of thiophene rings is 3. The normalized spacial score (nSPS) is 14.9. The maximum atomic E-state index is 2.49. The molecule has 46 heavy (non-hydrogen) atoms. The van der Waals surface area contributed by atoms with Crippen LogP contribution in [0.25, 0.3) is 84.3 Å². The zero-order valence-electron chi connectivity index (χ0n) is 25.2. The largest absolute Gasteiger partial charge is 0.135 e. The number of benzene rings is 6. The summed E-state index contributed by atoms with van der Waals surface area (Å²) in [6.07, 6.45) is 3.53. The number of rotatable bonds is 3. The molecule has 0 N–H and O–H groups in total. The van der Waals surface area contributed by atoms with Gasteiger partial charge in [-0.25, -0.2) is 0 Å². The van der Waals surface area contributed by atoms with E-state index in [9.17, 15) is 0 Å². The Kier molecular flexibility index (Phi) is 5.93. The Morgan fingerprint density at radius 1 is 0.478 bits per heavy atom. The third kappa shape index (κ3) is 3.96. The van der Waals surface area contributed by atoms with E-state index in [1.165, 1.54) is 93.6 Å². The van der Waals surface area contributed by atoms with Crippen LogP contribution in [-0.4, -0.2) is 0 Å². The molecule has 3 heteroatoms. The summed E-state index contributed by atoms with van der Waals surface area (Å²) in [6, 6.07) is 47.7. The van der Waals surface area contributed by atoms with E-state index in [2.05, 4.69) is 140 Å². The molecule has 0 spiro atoms. The minimum atomic E-state index is 0.434. The Morgan fingerprint density at radius 2 is 0.957 bits per heavy atom. The summed E-state index contributed by atoms with van der Waals surface area (Å²) in [5, 5.41) is 8.17. The molecule has 10 rings (SSSR count). The quantitative estimate of drug-likeness (QED) is 0.180. The van der Waals surface area contributed by atoms with Crippen LogP contribution in [0.3, 0.4) is 0 Å². The highest BCUT2D eigenvalue weighted by Gasteiger charge is 2.21. The lowest BCUT2D eigenvalue weighted by Crippen LogP contribution is -2.28. The molecule has 0 saturated heterocycles. The van der Waals surface area contributed by atoms with Crippen molar-refractivity contribution >= 4 is 96.1 Å². The molecule has 1 aliphatic carbocycles. The summed E-state index contributed by atoms with van der Waals surface area (Å²) in [6.45, 7) is 2.41. The van der Waals surface area contributed by atoms with Crippen molar-refractivity contribution in [3.05, 3.63) is 143 Å². The Labute approximate surface area is 278 Å². The molecule has 9 aromatic rings. The van der Waals surface area contributed by atoms with E-state index in [1.807, 2.05) is 34.0 Å². The van der Waals surface area contributed by atoms with Crippen molar-refractivity contribution in [1.29, 1.82) is 0 Å². The van der Waals surface area contributed by atoms with Crippen LogP contribution in [0.15, 0.2) is 127 Å². The summed E-state index contributed by atoms with van der Waals surface area (Å²) in [5.74, 6) is 0.434. The van der Waals surface area contributed by atoms with Crippen molar-refractivity contribution in [2.75, 3.05) is 0 Å². The van der Waals surface area contributed by atoms with Gasteiger partial charge in [0.15, 0.2) is 0 Å². The second kappa shape index (κ2) is 10.2. The van der Waals surface area contributed by atoms with Crippen LogP contribution in [0.5, 0.6) is 0 Å². The average Bonchev–Trinajstić information content (AvgIpc) is 3.79. The predicted octanol–water partition coefficient (Wildman–Crippen LogP) is 12.0. The standard InChI is InChI=1S/C43H28S3/c1-25-20-21-36-33-12-4-7-19-39(33)46-43(36)40(25)28-23-26(29-13-8-15-34-31-10-2-5-17-37(31)44-41(29)34)22-27(24-28)30-14-9-16-35-32-11-3-6-18-38(32)45-42(30)35/h2-19,21-25H,20H2,1H3. The van der Waals surface area contributed by atoms with Gasteiger partial charge in [-0.1, -0.05) is 104 Å². The summed E-state index contributed by atoms with van der Waals surface area (Å²) < 4.78 is 8.23. The predicted molar refractivity (Wildman–Crippen MR) is 205 cm³/mol. The van der Waals surface area contributed by atoms with Gasteiger partial charge in [0, 0.05) is 49.6 Å². The molecule has 3 aromatic heterocycles. The van der Waals surface area contributed by atoms with E-state index in [4.69, 9.17) is 0 Å². The topological polar surface area (TPSA) is 0 Å². The third-order valence-corrected chi connectivity index (χ3v) is 13.4. The minimum absolute atomic E-state index is 0.434. The number of hydrogen-bond acceptors (Lipinski definition) is 3. The smallest absolute Gasteiger partial charge is 0.0433 e. The average molecular weight is 641 g/mol. The fourth-order valence-electron chi connectivity index (χ4n) is 7.56. The maximum absolute atomic E-state index is 2.49. The van der Waals surface area contributed by atoms with E-state index < -0.39 is 0 Å². The first-order valence-electron chi connectivity index (χ1n) is 15.9.